The highest BCUT2D eigenvalue weighted by atomic mass is 35.5. The standard InChI is InChI=1S/C8H7Cl.C2H7N/c1-2-7-5-3-4-6-8(7)9;1-3-2/h2-6H,1H2;3H,1-2H3. The second-order valence-electron chi connectivity index (χ2n) is 2.23. The number of rotatable bonds is 1. The first-order valence-corrected chi connectivity index (χ1v) is 4.09. The summed E-state index contributed by atoms with van der Waals surface area (Å²) < 4.78 is 0. The molecule has 1 aromatic carbocycles. The van der Waals surface area contributed by atoms with E-state index in [2.05, 4.69) is 11.9 Å². The number of hydrogen-bond donors (Lipinski definition) is 1. The summed E-state index contributed by atoms with van der Waals surface area (Å²) in [6.45, 7) is 3.61. The van der Waals surface area contributed by atoms with Crippen LogP contribution in [-0.2, 0) is 0 Å². The maximum Gasteiger partial charge on any atom is 0.0478 e. The SMILES string of the molecule is C=Cc1ccccc1Cl.CNC. The van der Waals surface area contributed by atoms with Gasteiger partial charge in [-0.05, 0) is 25.7 Å². The number of hydrogen-bond acceptors (Lipinski definition) is 1. The molecule has 0 fully saturated rings. The molecule has 12 heavy (non-hydrogen) atoms. The Labute approximate surface area is 79.1 Å². The van der Waals surface area contributed by atoms with Gasteiger partial charge < -0.3 is 5.32 Å². The zero-order chi connectivity index (χ0) is 9.40. The predicted octanol–water partition coefficient (Wildman–Crippen LogP) is 2.82. The van der Waals surface area contributed by atoms with Gasteiger partial charge in [0.1, 0.15) is 0 Å². The van der Waals surface area contributed by atoms with Crippen LogP contribution in [0.25, 0.3) is 6.08 Å². The van der Waals surface area contributed by atoms with Crippen LogP contribution in [0.15, 0.2) is 30.8 Å². The first-order chi connectivity index (χ1) is 5.76. The van der Waals surface area contributed by atoms with E-state index in [-0.39, 0.29) is 0 Å². The summed E-state index contributed by atoms with van der Waals surface area (Å²) in [6, 6.07) is 7.60. The average Bonchev–Trinajstić information content (AvgIpc) is 2.07. The monoisotopic (exact) mass is 183 g/mol. The van der Waals surface area contributed by atoms with Crippen LogP contribution in [0, 0.1) is 0 Å². The van der Waals surface area contributed by atoms with Crippen molar-refractivity contribution in [2.45, 2.75) is 0 Å². The van der Waals surface area contributed by atoms with Gasteiger partial charge >= 0.3 is 0 Å². The van der Waals surface area contributed by atoms with E-state index in [1.807, 2.05) is 38.4 Å². The molecule has 0 saturated heterocycles. The van der Waals surface area contributed by atoms with E-state index in [0.717, 1.165) is 10.6 Å². The van der Waals surface area contributed by atoms with Crippen LogP contribution in [0.2, 0.25) is 5.02 Å². The molecule has 1 aromatic rings. The molecule has 1 nitrogen and oxygen atoms in total. The van der Waals surface area contributed by atoms with Crippen molar-refractivity contribution in [1.29, 1.82) is 0 Å². The molecule has 0 aliphatic heterocycles. The molecule has 0 spiro atoms. The molecule has 0 unspecified atom stereocenters. The van der Waals surface area contributed by atoms with Gasteiger partial charge in [-0.1, -0.05) is 42.5 Å². The van der Waals surface area contributed by atoms with Crippen molar-refractivity contribution in [2.24, 2.45) is 0 Å². The lowest BCUT2D eigenvalue weighted by Crippen LogP contribution is -1.89. The molecule has 1 N–H and O–H groups in total. The molecular weight excluding hydrogens is 170 g/mol. The van der Waals surface area contributed by atoms with Crippen LogP contribution in [-0.4, -0.2) is 14.1 Å². The first-order valence-electron chi connectivity index (χ1n) is 3.71. The van der Waals surface area contributed by atoms with Crippen LogP contribution in [0.4, 0.5) is 0 Å². The Morgan fingerprint density at radius 1 is 1.33 bits per heavy atom. The van der Waals surface area contributed by atoms with Gasteiger partial charge in [-0.15, -0.1) is 0 Å². The predicted molar refractivity (Wildman–Crippen MR) is 56.5 cm³/mol. The summed E-state index contributed by atoms with van der Waals surface area (Å²) in [7, 11) is 3.75. The molecule has 0 bridgehead atoms. The Hall–Kier alpha value is -0.790. The van der Waals surface area contributed by atoms with Crippen molar-refractivity contribution < 1.29 is 0 Å². The smallest absolute Gasteiger partial charge is 0.0478 e. The maximum absolute atomic E-state index is 5.75. The van der Waals surface area contributed by atoms with Crippen molar-refractivity contribution >= 4 is 17.7 Å². The largest absolute Gasteiger partial charge is 0.323 e. The summed E-state index contributed by atoms with van der Waals surface area (Å²) in [5, 5.41) is 3.51. The van der Waals surface area contributed by atoms with Crippen molar-refractivity contribution in [1.82, 2.24) is 5.32 Å². The Morgan fingerprint density at radius 3 is 2.17 bits per heavy atom. The highest BCUT2D eigenvalue weighted by Crippen LogP contribution is 2.14. The Morgan fingerprint density at radius 2 is 1.83 bits per heavy atom. The normalized spacial score (nSPS) is 8.25. The second-order valence-corrected chi connectivity index (χ2v) is 2.63. The van der Waals surface area contributed by atoms with E-state index in [9.17, 15) is 0 Å². The van der Waals surface area contributed by atoms with E-state index >= 15 is 0 Å². The molecule has 0 amide bonds. The topological polar surface area (TPSA) is 12.0 Å². The molecule has 0 atom stereocenters. The van der Waals surface area contributed by atoms with Crippen molar-refractivity contribution in [3.05, 3.63) is 41.4 Å². The van der Waals surface area contributed by atoms with Crippen LogP contribution in [0.5, 0.6) is 0 Å². The van der Waals surface area contributed by atoms with Gasteiger partial charge in [0, 0.05) is 5.02 Å². The average molecular weight is 184 g/mol. The van der Waals surface area contributed by atoms with E-state index in [4.69, 9.17) is 11.6 Å². The van der Waals surface area contributed by atoms with Gasteiger partial charge in [-0.3, -0.25) is 0 Å². The van der Waals surface area contributed by atoms with Crippen LogP contribution >= 0.6 is 11.6 Å². The molecule has 0 radical (unpaired) electrons. The van der Waals surface area contributed by atoms with Crippen LogP contribution in [0.1, 0.15) is 5.56 Å². The maximum atomic E-state index is 5.75. The molecule has 0 saturated carbocycles. The molecule has 0 aliphatic rings. The quantitative estimate of drug-likeness (QED) is 0.706. The molecule has 1 rings (SSSR count). The van der Waals surface area contributed by atoms with Gasteiger partial charge in [-0.25, -0.2) is 0 Å². The fraction of sp³-hybridized carbons (Fsp3) is 0.200. The molecule has 0 heterocycles. The Balaban J connectivity index is 0.000000354. The summed E-state index contributed by atoms with van der Waals surface area (Å²) in [4.78, 5) is 0. The molecule has 0 aromatic heterocycles. The zero-order valence-corrected chi connectivity index (χ0v) is 8.23. The molecule has 0 aliphatic carbocycles. The minimum Gasteiger partial charge on any atom is -0.323 e. The highest BCUT2D eigenvalue weighted by Gasteiger charge is 1.89. The van der Waals surface area contributed by atoms with Gasteiger partial charge in [0.05, 0.1) is 0 Å². The number of halogens is 1. The van der Waals surface area contributed by atoms with Crippen molar-refractivity contribution in [3.63, 3.8) is 0 Å². The lowest BCUT2D eigenvalue weighted by molar-refractivity contribution is 1.02. The first kappa shape index (κ1) is 11.2. The van der Waals surface area contributed by atoms with E-state index < -0.39 is 0 Å². The third-order valence-electron chi connectivity index (χ3n) is 1.13. The minimum absolute atomic E-state index is 0.757. The molecule has 2 heteroatoms. The van der Waals surface area contributed by atoms with E-state index in [1.54, 1.807) is 6.08 Å². The van der Waals surface area contributed by atoms with Crippen LogP contribution < -0.4 is 5.32 Å². The Kier molecular flexibility index (Phi) is 6.44. The minimum atomic E-state index is 0.757. The molecular formula is C10H14ClN. The van der Waals surface area contributed by atoms with Gasteiger partial charge in [-0.2, -0.15) is 0 Å². The third kappa shape index (κ3) is 4.16. The fourth-order valence-electron chi connectivity index (χ4n) is 0.641. The number of benzene rings is 1. The third-order valence-corrected chi connectivity index (χ3v) is 1.47. The summed E-state index contributed by atoms with van der Waals surface area (Å²) in [6.07, 6.45) is 1.74. The summed E-state index contributed by atoms with van der Waals surface area (Å²) in [5.74, 6) is 0. The lowest BCUT2D eigenvalue weighted by atomic mass is 10.2. The van der Waals surface area contributed by atoms with Gasteiger partial charge in [0.15, 0.2) is 0 Å². The fourth-order valence-corrected chi connectivity index (χ4v) is 0.854. The number of nitrogens with one attached hydrogen (secondary N) is 1. The lowest BCUT2D eigenvalue weighted by Gasteiger charge is -1.92. The highest BCUT2D eigenvalue weighted by molar-refractivity contribution is 6.32. The summed E-state index contributed by atoms with van der Waals surface area (Å²) >= 11 is 5.75. The second kappa shape index (κ2) is 6.89. The van der Waals surface area contributed by atoms with Gasteiger partial charge in [0.2, 0.25) is 0 Å². The Bertz CT molecular complexity index is 233. The van der Waals surface area contributed by atoms with Crippen molar-refractivity contribution in [3.8, 4) is 0 Å². The van der Waals surface area contributed by atoms with E-state index in [1.165, 1.54) is 0 Å². The summed E-state index contributed by atoms with van der Waals surface area (Å²) in [5.41, 5.74) is 0.985. The zero-order valence-electron chi connectivity index (χ0n) is 7.47. The van der Waals surface area contributed by atoms with Gasteiger partial charge in [0.25, 0.3) is 0 Å². The van der Waals surface area contributed by atoms with Crippen molar-refractivity contribution in [2.75, 3.05) is 14.1 Å². The van der Waals surface area contributed by atoms with Crippen LogP contribution in [0.3, 0.4) is 0 Å². The molecule has 66 valence electrons. The van der Waals surface area contributed by atoms with E-state index in [0.29, 0.717) is 0 Å².